The third-order valence-corrected chi connectivity index (χ3v) is 4.21. The molecule has 0 radical (unpaired) electrons. The van der Waals surface area contributed by atoms with Gasteiger partial charge in [0.1, 0.15) is 18.0 Å². The van der Waals surface area contributed by atoms with Crippen molar-refractivity contribution in [3.8, 4) is 5.75 Å². The second-order valence-electron chi connectivity index (χ2n) is 7.01. The number of nitrogens with one attached hydrogen (secondary N) is 1. The molecule has 118 valence electrons. The molecule has 0 aromatic heterocycles. The minimum atomic E-state index is 0.0798. The molecule has 21 heavy (non-hydrogen) atoms. The standard InChI is InChI=1S/C18H29NO2/c1-7-19-14-11-16(17(14)20-6)21-15-10-12(2)8-9-13(15)18(3,4)5/h8-10,14,16-17,19H,7,11H2,1-6H3. The Labute approximate surface area is 129 Å². The molecule has 1 aliphatic rings. The lowest BCUT2D eigenvalue weighted by molar-refractivity contribution is -0.0888. The molecule has 0 spiro atoms. The van der Waals surface area contributed by atoms with E-state index in [-0.39, 0.29) is 17.6 Å². The van der Waals surface area contributed by atoms with Gasteiger partial charge in [0.25, 0.3) is 0 Å². The Morgan fingerprint density at radius 1 is 1.29 bits per heavy atom. The summed E-state index contributed by atoms with van der Waals surface area (Å²) in [5, 5.41) is 3.45. The number of benzene rings is 1. The van der Waals surface area contributed by atoms with Crippen molar-refractivity contribution in [1.29, 1.82) is 0 Å². The molecule has 0 bridgehead atoms. The number of hydrogen-bond donors (Lipinski definition) is 1. The Kier molecular flexibility index (Phi) is 4.95. The van der Waals surface area contributed by atoms with Crippen molar-refractivity contribution in [3.63, 3.8) is 0 Å². The number of methoxy groups -OCH3 is 1. The maximum atomic E-state index is 6.30. The summed E-state index contributed by atoms with van der Waals surface area (Å²) < 4.78 is 11.9. The normalized spacial score (nSPS) is 25.5. The first kappa shape index (κ1) is 16.3. The van der Waals surface area contributed by atoms with Crippen LogP contribution in [0.4, 0.5) is 0 Å². The fraction of sp³-hybridized carbons (Fsp3) is 0.667. The van der Waals surface area contributed by atoms with Crippen LogP contribution in [0.25, 0.3) is 0 Å². The van der Waals surface area contributed by atoms with E-state index in [4.69, 9.17) is 9.47 Å². The van der Waals surface area contributed by atoms with E-state index in [0.29, 0.717) is 6.04 Å². The van der Waals surface area contributed by atoms with Crippen molar-refractivity contribution in [1.82, 2.24) is 5.32 Å². The van der Waals surface area contributed by atoms with Gasteiger partial charge in [0.2, 0.25) is 0 Å². The van der Waals surface area contributed by atoms with E-state index < -0.39 is 0 Å². The van der Waals surface area contributed by atoms with Crippen molar-refractivity contribution >= 4 is 0 Å². The third kappa shape index (κ3) is 3.58. The van der Waals surface area contributed by atoms with Crippen LogP contribution in [0.3, 0.4) is 0 Å². The Bertz CT molecular complexity index is 479. The molecule has 0 saturated heterocycles. The van der Waals surface area contributed by atoms with Gasteiger partial charge in [-0.3, -0.25) is 0 Å². The van der Waals surface area contributed by atoms with E-state index in [2.05, 4.69) is 58.1 Å². The number of rotatable bonds is 5. The fourth-order valence-electron chi connectivity index (χ4n) is 2.98. The highest BCUT2D eigenvalue weighted by Crippen LogP contribution is 2.36. The quantitative estimate of drug-likeness (QED) is 0.901. The van der Waals surface area contributed by atoms with E-state index in [9.17, 15) is 0 Å². The molecule has 1 aromatic carbocycles. The van der Waals surface area contributed by atoms with E-state index in [1.54, 1.807) is 7.11 Å². The van der Waals surface area contributed by atoms with Gasteiger partial charge < -0.3 is 14.8 Å². The first-order valence-electron chi connectivity index (χ1n) is 7.90. The van der Waals surface area contributed by atoms with Crippen LogP contribution in [-0.4, -0.2) is 31.9 Å². The smallest absolute Gasteiger partial charge is 0.128 e. The highest BCUT2D eigenvalue weighted by molar-refractivity contribution is 5.41. The molecule has 1 aromatic rings. The molecule has 2 rings (SSSR count). The van der Waals surface area contributed by atoms with E-state index in [1.807, 2.05) is 0 Å². The van der Waals surface area contributed by atoms with Crippen LogP contribution in [-0.2, 0) is 10.2 Å². The topological polar surface area (TPSA) is 30.5 Å². The van der Waals surface area contributed by atoms with Crippen LogP contribution in [0.1, 0.15) is 45.2 Å². The lowest BCUT2D eigenvalue weighted by Crippen LogP contribution is -2.61. The summed E-state index contributed by atoms with van der Waals surface area (Å²) in [6.45, 7) is 11.9. The molecule has 0 aliphatic heterocycles. The summed E-state index contributed by atoms with van der Waals surface area (Å²) in [5.74, 6) is 1.00. The molecular formula is C18H29NO2. The average Bonchev–Trinajstić information content (AvgIpc) is 2.36. The Balaban J connectivity index is 2.15. The van der Waals surface area contributed by atoms with Gasteiger partial charge in [-0.25, -0.2) is 0 Å². The van der Waals surface area contributed by atoms with E-state index in [0.717, 1.165) is 18.7 Å². The Morgan fingerprint density at radius 3 is 2.57 bits per heavy atom. The van der Waals surface area contributed by atoms with Crippen molar-refractivity contribution in [2.45, 2.75) is 64.7 Å². The highest BCUT2D eigenvalue weighted by atomic mass is 16.5. The summed E-state index contributed by atoms with van der Waals surface area (Å²) in [7, 11) is 1.77. The molecule has 3 atom stereocenters. The minimum Gasteiger partial charge on any atom is -0.487 e. The molecule has 3 unspecified atom stereocenters. The van der Waals surface area contributed by atoms with Crippen molar-refractivity contribution in [2.75, 3.05) is 13.7 Å². The molecule has 1 aliphatic carbocycles. The number of likely N-dealkylation sites (N-methyl/N-ethyl adjacent to an activating group) is 1. The predicted octanol–water partition coefficient (Wildman–Crippen LogP) is 3.44. The summed E-state index contributed by atoms with van der Waals surface area (Å²) in [6, 6.07) is 6.90. The van der Waals surface area contributed by atoms with Gasteiger partial charge in [-0.2, -0.15) is 0 Å². The SMILES string of the molecule is CCNC1CC(Oc2cc(C)ccc2C(C)(C)C)C1OC. The molecular weight excluding hydrogens is 262 g/mol. The zero-order valence-corrected chi connectivity index (χ0v) is 14.2. The second kappa shape index (κ2) is 6.37. The number of aryl methyl sites for hydroxylation is 1. The molecule has 3 heteroatoms. The van der Waals surface area contributed by atoms with Crippen LogP contribution < -0.4 is 10.1 Å². The summed E-state index contributed by atoms with van der Waals surface area (Å²) in [4.78, 5) is 0. The van der Waals surface area contributed by atoms with Crippen molar-refractivity contribution in [3.05, 3.63) is 29.3 Å². The molecule has 0 heterocycles. The Morgan fingerprint density at radius 2 is 2.00 bits per heavy atom. The molecule has 0 amide bonds. The lowest BCUT2D eigenvalue weighted by atomic mass is 9.83. The van der Waals surface area contributed by atoms with Gasteiger partial charge in [0, 0.05) is 19.6 Å². The maximum Gasteiger partial charge on any atom is 0.128 e. The van der Waals surface area contributed by atoms with E-state index in [1.165, 1.54) is 11.1 Å². The van der Waals surface area contributed by atoms with Crippen LogP contribution in [0, 0.1) is 6.92 Å². The highest BCUT2D eigenvalue weighted by Gasteiger charge is 2.43. The second-order valence-corrected chi connectivity index (χ2v) is 7.01. The summed E-state index contributed by atoms with van der Waals surface area (Å²) >= 11 is 0. The average molecular weight is 291 g/mol. The number of hydrogen-bond acceptors (Lipinski definition) is 3. The summed E-state index contributed by atoms with van der Waals surface area (Å²) in [5.41, 5.74) is 2.57. The fourth-order valence-corrected chi connectivity index (χ4v) is 2.98. The first-order chi connectivity index (χ1) is 9.86. The lowest BCUT2D eigenvalue weighted by Gasteiger charge is -2.44. The van der Waals surface area contributed by atoms with Crippen LogP contribution in [0.15, 0.2) is 18.2 Å². The Hall–Kier alpha value is -1.06. The largest absolute Gasteiger partial charge is 0.487 e. The van der Waals surface area contributed by atoms with Gasteiger partial charge in [0.05, 0.1) is 0 Å². The van der Waals surface area contributed by atoms with Crippen molar-refractivity contribution in [2.24, 2.45) is 0 Å². The predicted molar refractivity (Wildman–Crippen MR) is 87.2 cm³/mol. The van der Waals surface area contributed by atoms with Crippen LogP contribution in [0.5, 0.6) is 5.75 Å². The molecule has 1 fully saturated rings. The molecule has 1 saturated carbocycles. The summed E-state index contributed by atoms with van der Waals surface area (Å²) in [6.07, 6.45) is 1.28. The van der Waals surface area contributed by atoms with Crippen LogP contribution >= 0.6 is 0 Å². The first-order valence-corrected chi connectivity index (χ1v) is 7.90. The monoisotopic (exact) mass is 291 g/mol. The minimum absolute atomic E-state index is 0.0798. The van der Waals surface area contributed by atoms with Gasteiger partial charge in [0.15, 0.2) is 0 Å². The van der Waals surface area contributed by atoms with Crippen molar-refractivity contribution < 1.29 is 9.47 Å². The van der Waals surface area contributed by atoms with Gasteiger partial charge >= 0.3 is 0 Å². The third-order valence-electron chi connectivity index (χ3n) is 4.21. The number of ether oxygens (including phenoxy) is 2. The molecule has 1 N–H and O–H groups in total. The van der Waals surface area contributed by atoms with Gasteiger partial charge in [-0.15, -0.1) is 0 Å². The van der Waals surface area contributed by atoms with Crippen LogP contribution in [0.2, 0.25) is 0 Å². The van der Waals surface area contributed by atoms with Gasteiger partial charge in [-0.05, 0) is 36.1 Å². The van der Waals surface area contributed by atoms with Gasteiger partial charge in [-0.1, -0.05) is 39.8 Å². The zero-order chi connectivity index (χ0) is 15.6. The zero-order valence-electron chi connectivity index (χ0n) is 14.2. The van der Waals surface area contributed by atoms with E-state index >= 15 is 0 Å². The molecule has 3 nitrogen and oxygen atoms in total. The maximum absolute atomic E-state index is 6.30.